The highest BCUT2D eigenvalue weighted by Crippen LogP contribution is 2.28. The highest BCUT2D eigenvalue weighted by Gasteiger charge is 2.34. The number of nitrogens with zero attached hydrogens (tertiary/aromatic N) is 3. The molecule has 31 heavy (non-hydrogen) atoms. The van der Waals surface area contributed by atoms with Gasteiger partial charge in [0.1, 0.15) is 6.54 Å². The summed E-state index contributed by atoms with van der Waals surface area (Å²) in [6, 6.07) is 14.4. The predicted octanol–water partition coefficient (Wildman–Crippen LogP) is 4.91. The number of rotatable bonds is 13. The SMILES string of the molecule is CCCCCCCC(=O)N(CC(=O)N(Cc1ccccc1)Cc1cccn1C)C1CC1. The minimum Gasteiger partial charge on any atom is -0.353 e. The van der Waals surface area contributed by atoms with Crippen LogP contribution in [0.2, 0.25) is 0 Å². The molecule has 3 rings (SSSR count). The Kier molecular flexibility index (Phi) is 8.74. The average molecular weight is 424 g/mol. The van der Waals surface area contributed by atoms with Crippen LogP contribution in [0.4, 0.5) is 0 Å². The molecule has 1 aliphatic rings. The lowest BCUT2D eigenvalue weighted by molar-refractivity contribution is -0.141. The van der Waals surface area contributed by atoms with E-state index in [1.54, 1.807) is 0 Å². The largest absolute Gasteiger partial charge is 0.353 e. The molecule has 0 atom stereocenters. The second kappa shape index (κ2) is 11.7. The van der Waals surface area contributed by atoms with Crippen LogP contribution in [-0.4, -0.2) is 38.8 Å². The van der Waals surface area contributed by atoms with Gasteiger partial charge in [0.25, 0.3) is 0 Å². The van der Waals surface area contributed by atoms with Crippen molar-refractivity contribution < 1.29 is 9.59 Å². The molecule has 1 fully saturated rings. The second-order valence-electron chi connectivity index (χ2n) is 8.76. The quantitative estimate of drug-likeness (QED) is 0.430. The molecule has 168 valence electrons. The summed E-state index contributed by atoms with van der Waals surface area (Å²) in [5, 5.41) is 0. The molecule has 0 radical (unpaired) electrons. The van der Waals surface area contributed by atoms with Crippen LogP contribution in [0.15, 0.2) is 48.7 Å². The highest BCUT2D eigenvalue weighted by molar-refractivity contribution is 5.85. The van der Waals surface area contributed by atoms with Gasteiger partial charge in [0.15, 0.2) is 0 Å². The van der Waals surface area contributed by atoms with Crippen molar-refractivity contribution >= 4 is 11.8 Å². The van der Waals surface area contributed by atoms with E-state index in [-0.39, 0.29) is 24.4 Å². The maximum Gasteiger partial charge on any atom is 0.242 e. The zero-order valence-corrected chi connectivity index (χ0v) is 19.1. The van der Waals surface area contributed by atoms with Crippen molar-refractivity contribution in [1.29, 1.82) is 0 Å². The molecule has 0 saturated heterocycles. The Morgan fingerprint density at radius 1 is 0.935 bits per heavy atom. The lowest BCUT2D eigenvalue weighted by Gasteiger charge is -2.28. The van der Waals surface area contributed by atoms with Gasteiger partial charge in [-0.15, -0.1) is 0 Å². The average Bonchev–Trinajstić information content (AvgIpc) is 3.54. The standard InChI is InChI=1S/C26H37N3O2/c1-3-4-5-6-10-15-25(30)29(23-16-17-23)21-26(31)28(19-22-12-8-7-9-13-22)20-24-14-11-18-27(24)2/h7-9,11-14,18,23H,3-6,10,15-17,19-21H2,1-2H3. The third-order valence-electron chi connectivity index (χ3n) is 6.08. The van der Waals surface area contributed by atoms with Gasteiger partial charge >= 0.3 is 0 Å². The summed E-state index contributed by atoms with van der Waals surface area (Å²) in [5.74, 6) is 0.169. The Labute approximate surface area is 187 Å². The zero-order chi connectivity index (χ0) is 22.1. The molecule has 0 bridgehead atoms. The third-order valence-corrected chi connectivity index (χ3v) is 6.08. The van der Waals surface area contributed by atoms with Gasteiger partial charge in [-0.1, -0.05) is 62.9 Å². The van der Waals surface area contributed by atoms with E-state index in [0.717, 1.165) is 36.9 Å². The molecule has 0 unspecified atom stereocenters. The smallest absolute Gasteiger partial charge is 0.242 e. The fraction of sp³-hybridized carbons (Fsp3) is 0.538. The van der Waals surface area contributed by atoms with E-state index >= 15 is 0 Å². The van der Waals surface area contributed by atoms with Gasteiger partial charge < -0.3 is 14.4 Å². The summed E-state index contributed by atoms with van der Waals surface area (Å²) in [7, 11) is 2.00. The number of amides is 2. The van der Waals surface area contributed by atoms with Crippen molar-refractivity contribution in [3.8, 4) is 0 Å². The predicted molar refractivity (Wildman–Crippen MR) is 124 cm³/mol. The van der Waals surface area contributed by atoms with E-state index in [9.17, 15) is 9.59 Å². The molecular weight excluding hydrogens is 386 g/mol. The topological polar surface area (TPSA) is 45.6 Å². The first kappa shape index (κ1) is 23.1. The number of carbonyl (C=O) groups excluding carboxylic acids is 2. The van der Waals surface area contributed by atoms with Gasteiger partial charge in [0, 0.05) is 37.9 Å². The van der Waals surface area contributed by atoms with Crippen LogP contribution >= 0.6 is 0 Å². The lowest BCUT2D eigenvalue weighted by atomic mass is 10.1. The Balaban J connectivity index is 1.64. The summed E-state index contributed by atoms with van der Waals surface area (Å²) < 4.78 is 2.05. The molecule has 2 amide bonds. The monoisotopic (exact) mass is 423 g/mol. The summed E-state index contributed by atoms with van der Waals surface area (Å²) in [6.45, 7) is 3.48. The Morgan fingerprint density at radius 2 is 1.68 bits per heavy atom. The van der Waals surface area contributed by atoms with Gasteiger partial charge in [-0.05, 0) is 37.0 Å². The molecule has 1 heterocycles. The van der Waals surface area contributed by atoms with Crippen molar-refractivity contribution in [1.82, 2.24) is 14.4 Å². The number of aromatic nitrogens is 1. The first-order valence-corrected chi connectivity index (χ1v) is 11.8. The number of aryl methyl sites for hydroxylation is 1. The number of hydrogen-bond donors (Lipinski definition) is 0. The van der Waals surface area contributed by atoms with Crippen LogP contribution in [0.3, 0.4) is 0 Å². The van der Waals surface area contributed by atoms with E-state index in [2.05, 4.69) is 6.92 Å². The Bertz CT molecular complexity index is 826. The van der Waals surface area contributed by atoms with Crippen molar-refractivity contribution in [2.75, 3.05) is 6.54 Å². The fourth-order valence-electron chi connectivity index (χ4n) is 3.97. The van der Waals surface area contributed by atoms with Crippen molar-refractivity contribution in [2.45, 2.75) is 77.4 Å². The molecule has 1 aromatic heterocycles. The Morgan fingerprint density at radius 3 is 2.32 bits per heavy atom. The minimum atomic E-state index is 0.0243. The van der Waals surface area contributed by atoms with Gasteiger partial charge in [0.05, 0.1) is 6.54 Å². The van der Waals surface area contributed by atoms with Crippen LogP contribution in [-0.2, 0) is 29.7 Å². The summed E-state index contributed by atoms with van der Waals surface area (Å²) in [4.78, 5) is 30.0. The third kappa shape index (κ3) is 7.27. The zero-order valence-electron chi connectivity index (χ0n) is 19.1. The van der Waals surface area contributed by atoms with Gasteiger partial charge in [-0.2, -0.15) is 0 Å². The number of hydrogen-bond acceptors (Lipinski definition) is 2. The maximum atomic E-state index is 13.4. The van der Waals surface area contributed by atoms with Crippen LogP contribution in [0, 0.1) is 0 Å². The molecular formula is C26H37N3O2. The normalized spacial score (nSPS) is 13.2. The first-order valence-electron chi connectivity index (χ1n) is 11.8. The molecule has 0 aliphatic heterocycles. The molecule has 0 spiro atoms. The van der Waals surface area contributed by atoms with E-state index in [1.165, 1.54) is 19.3 Å². The number of unbranched alkanes of at least 4 members (excludes halogenated alkanes) is 4. The number of benzene rings is 1. The van der Waals surface area contributed by atoms with Gasteiger partial charge in [-0.3, -0.25) is 9.59 Å². The van der Waals surface area contributed by atoms with E-state index in [4.69, 9.17) is 0 Å². The van der Waals surface area contributed by atoms with Crippen LogP contribution in [0.25, 0.3) is 0 Å². The fourth-order valence-corrected chi connectivity index (χ4v) is 3.97. The molecule has 0 N–H and O–H groups in total. The summed E-state index contributed by atoms with van der Waals surface area (Å²) >= 11 is 0. The van der Waals surface area contributed by atoms with Crippen LogP contribution in [0.5, 0.6) is 0 Å². The molecule has 1 saturated carbocycles. The first-order chi connectivity index (χ1) is 15.1. The van der Waals surface area contributed by atoms with Gasteiger partial charge in [-0.25, -0.2) is 0 Å². The summed E-state index contributed by atoms with van der Waals surface area (Å²) in [5.41, 5.74) is 2.19. The molecule has 1 aromatic carbocycles. The molecule has 5 heteroatoms. The van der Waals surface area contributed by atoms with Gasteiger partial charge in [0.2, 0.25) is 11.8 Å². The van der Waals surface area contributed by atoms with Crippen molar-refractivity contribution in [3.05, 3.63) is 59.9 Å². The molecule has 1 aliphatic carbocycles. The van der Waals surface area contributed by atoms with Crippen LogP contribution < -0.4 is 0 Å². The van der Waals surface area contributed by atoms with E-state index < -0.39 is 0 Å². The van der Waals surface area contributed by atoms with Crippen molar-refractivity contribution in [3.63, 3.8) is 0 Å². The highest BCUT2D eigenvalue weighted by atomic mass is 16.2. The van der Waals surface area contributed by atoms with E-state index in [1.807, 2.05) is 70.1 Å². The lowest BCUT2D eigenvalue weighted by Crippen LogP contribution is -2.43. The number of carbonyl (C=O) groups is 2. The van der Waals surface area contributed by atoms with Crippen LogP contribution in [0.1, 0.15) is 69.5 Å². The summed E-state index contributed by atoms with van der Waals surface area (Å²) in [6.07, 6.45) is 10.2. The van der Waals surface area contributed by atoms with Crippen molar-refractivity contribution in [2.24, 2.45) is 7.05 Å². The minimum absolute atomic E-state index is 0.0243. The maximum absolute atomic E-state index is 13.4. The molecule has 5 nitrogen and oxygen atoms in total. The second-order valence-corrected chi connectivity index (χ2v) is 8.76. The van der Waals surface area contributed by atoms with E-state index in [0.29, 0.717) is 19.5 Å². The Hall–Kier alpha value is -2.56. The molecule has 2 aromatic rings.